The highest BCUT2D eigenvalue weighted by Gasteiger charge is 2.41. The first-order valence-electron chi connectivity index (χ1n) is 13.8. The van der Waals surface area contributed by atoms with Crippen molar-refractivity contribution in [1.82, 2.24) is 4.57 Å². The van der Waals surface area contributed by atoms with Crippen molar-refractivity contribution >= 4 is 93.5 Å². The number of thiophene rings is 1. The van der Waals surface area contributed by atoms with Gasteiger partial charge in [0.25, 0.3) is 6.71 Å². The Kier molecular flexibility index (Phi) is 3.92. The van der Waals surface area contributed by atoms with Crippen LogP contribution in [0, 0.1) is 0 Å². The molecule has 0 spiro atoms. The lowest BCUT2D eigenvalue weighted by Gasteiger charge is -2.39. The molecule has 0 aliphatic carbocycles. The van der Waals surface area contributed by atoms with Gasteiger partial charge in [-0.05, 0) is 58.9 Å². The van der Waals surface area contributed by atoms with Crippen molar-refractivity contribution in [1.29, 1.82) is 0 Å². The average molecular weight is 524 g/mol. The van der Waals surface area contributed by atoms with Gasteiger partial charge in [0.2, 0.25) is 0 Å². The van der Waals surface area contributed by atoms with Gasteiger partial charge in [-0.1, -0.05) is 84.9 Å². The Morgan fingerprint density at radius 2 is 1.15 bits per heavy atom. The highest BCUT2D eigenvalue weighted by Crippen LogP contribution is 2.46. The SMILES string of the molecule is c1ccc(N2c3ccccc3B3c4ccccc4-n4c5c3c2ccc5c2ccc3sc5ccccc5c3c24)cc1. The molecule has 2 nitrogen and oxygen atoms in total. The maximum absolute atomic E-state index is 2.59. The van der Waals surface area contributed by atoms with E-state index in [1.54, 1.807) is 0 Å². The Bertz CT molecular complexity index is 2350. The van der Waals surface area contributed by atoms with Crippen molar-refractivity contribution in [3.05, 3.63) is 127 Å². The summed E-state index contributed by atoms with van der Waals surface area (Å²) in [5.74, 6) is 0. The standard InChI is InChI=1S/C36H21BN2S/c1-2-10-22(11-3-1)38-28-15-7-5-13-26(28)37-27-14-6-8-16-29(27)39-35-23(24-18-20-30(38)34(37)36(24)39)19-21-32-33(35)25-12-4-9-17-31(25)40-32/h1-21H. The fraction of sp³-hybridized carbons (Fsp3) is 0. The number of hydrogen-bond acceptors (Lipinski definition) is 2. The van der Waals surface area contributed by atoms with E-state index in [2.05, 4.69) is 137 Å². The van der Waals surface area contributed by atoms with Crippen LogP contribution in [-0.4, -0.2) is 11.3 Å². The summed E-state index contributed by atoms with van der Waals surface area (Å²) in [6.45, 7) is 0.178. The number of para-hydroxylation sites is 3. The van der Waals surface area contributed by atoms with Crippen molar-refractivity contribution in [2.45, 2.75) is 0 Å². The van der Waals surface area contributed by atoms with Crippen LogP contribution in [0.2, 0.25) is 0 Å². The third-order valence-electron chi connectivity index (χ3n) is 8.97. The summed E-state index contributed by atoms with van der Waals surface area (Å²) in [6, 6.07) is 47.1. The summed E-state index contributed by atoms with van der Waals surface area (Å²) in [7, 11) is 0. The molecule has 0 unspecified atom stereocenters. The molecule has 4 heterocycles. The van der Waals surface area contributed by atoms with E-state index in [-0.39, 0.29) is 6.71 Å². The molecule has 0 radical (unpaired) electrons. The van der Waals surface area contributed by atoms with Crippen LogP contribution >= 0.6 is 11.3 Å². The number of hydrogen-bond donors (Lipinski definition) is 0. The van der Waals surface area contributed by atoms with Crippen LogP contribution in [0.5, 0.6) is 0 Å². The molecule has 0 bridgehead atoms. The van der Waals surface area contributed by atoms with Crippen LogP contribution in [-0.2, 0) is 0 Å². The molecular formula is C36H21BN2S. The molecular weight excluding hydrogens is 503 g/mol. The monoisotopic (exact) mass is 524 g/mol. The first kappa shape index (κ1) is 21.1. The smallest absolute Gasteiger partial charge is 0.252 e. The van der Waals surface area contributed by atoms with Crippen LogP contribution in [0.3, 0.4) is 0 Å². The summed E-state index contributed by atoms with van der Waals surface area (Å²) in [4.78, 5) is 2.46. The van der Waals surface area contributed by atoms with Gasteiger partial charge in [0.15, 0.2) is 0 Å². The van der Waals surface area contributed by atoms with Crippen LogP contribution in [0.15, 0.2) is 127 Å². The molecule has 0 saturated heterocycles. The Morgan fingerprint density at radius 3 is 2.02 bits per heavy atom. The van der Waals surface area contributed by atoms with E-state index >= 15 is 0 Å². The van der Waals surface area contributed by atoms with Gasteiger partial charge < -0.3 is 9.47 Å². The molecule has 8 aromatic rings. The van der Waals surface area contributed by atoms with E-state index in [0.717, 1.165) is 0 Å². The van der Waals surface area contributed by atoms with Gasteiger partial charge in [0.05, 0.1) is 11.0 Å². The number of benzene rings is 6. The van der Waals surface area contributed by atoms with E-state index in [1.165, 1.54) is 81.1 Å². The molecule has 0 saturated carbocycles. The lowest BCUT2D eigenvalue weighted by atomic mass is 9.34. The molecule has 2 aliphatic rings. The second-order valence-electron chi connectivity index (χ2n) is 10.9. The van der Waals surface area contributed by atoms with E-state index in [9.17, 15) is 0 Å². The molecule has 4 heteroatoms. The third-order valence-corrected chi connectivity index (χ3v) is 10.1. The molecule has 184 valence electrons. The molecule has 0 atom stereocenters. The molecule has 40 heavy (non-hydrogen) atoms. The van der Waals surface area contributed by atoms with Gasteiger partial charge in [0.1, 0.15) is 0 Å². The molecule has 10 rings (SSSR count). The number of anilines is 3. The topological polar surface area (TPSA) is 8.17 Å². The third kappa shape index (κ3) is 2.46. The summed E-state index contributed by atoms with van der Waals surface area (Å²) in [5, 5.41) is 5.37. The van der Waals surface area contributed by atoms with Gasteiger partial charge in [0, 0.05) is 53.7 Å². The lowest BCUT2D eigenvalue weighted by Crippen LogP contribution is -2.60. The predicted molar refractivity (Wildman–Crippen MR) is 173 cm³/mol. The molecule has 6 aromatic carbocycles. The van der Waals surface area contributed by atoms with Crippen LogP contribution in [0.1, 0.15) is 0 Å². The summed E-state index contributed by atoms with van der Waals surface area (Å²) in [6.07, 6.45) is 0. The Balaban J connectivity index is 1.46. The van der Waals surface area contributed by atoms with Crippen molar-refractivity contribution < 1.29 is 0 Å². The fourth-order valence-corrected chi connectivity index (χ4v) is 8.58. The van der Waals surface area contributed by atoms with Crippen LogP contribution in [0.25, 0.3) is 47.7 Å². The van der Waals surface area contributed by atoms with Gasteiger partial charge in [-0.2, -0.15) is 0 Å². The average Bonchev–Trinajstić information content (AvgIpc) is 3.56. The van der Waals surface area contributed by atoms with E-state index in [0.29, 0.717) is 0 Å². The van der Waals surface area contributed by atoms with E-state index in [4.69, 9.17) is 0 Å². The first-order chi connectivity index (χ1) is 19.9. The highest BCUT2D eigenvalue weighted by atomic mass is 32.1. The summed E-state index contributed by atoms with van der Waals surface area (Å²) < 4.78 is 5.28. The minimum Gasteiger partial charge on any atom is -0.311 e. The molecule has 2 aromatic heterocycles. The Labute approximate surface area is 235 Å². The quantitative estimate of drug-likeness (QED) is 0.199. The Hall–Kier alpha value is -4.80. The number of aromatic nitrogens is 1. The van der Waals surface area contributed by atoms with Gasteiger partial charge >= 0.3 is 0 Å². The maximum Gasteiger partial charge on any atom is 0.252 e. The van der Waals surface area contributed by atoms with Crippen molar-refractivity contribution in [2.24, 2.45) is 0 Å². The predicted octanol–water partition coefficient (Wildman–Crippen LogP) is 7.76. The van der Waals surface area contributed by atoms with Crippen LogP contribution in [0.4, 0.5) is 17.1 Å². The first-order valence-corrected chi connectivity index (χ1v) is 14.6. The molecule has 0 fully saturated rings. The van der Waals surface area contributed by atoms with E-state index in [1.807, 2.05) is 11.3 Å². The molecule has 0 amide bonds. The normalized spacial score (nSPS) is 13.4. The zero-order chi connectivity index (χ0) is 25.9. The maximum atomic E-state index is 2.59. The zero-order valence-electron chi connectivity index (χ0n) is 21.5. The van der Waals surface area contributed by atoms with Gasteiger partial charge in [-0.15, -0.1) is 11.3 Å². The molecule has 2 aliphatic heterocycles. The minimum atomic E-state index is 0.178. The second-order valence-corrected chi connectivity index (χ2v) is 12.0. The zero-order valence-corrected chi connectivity index (χ0v) is 22.3. The van der Waals surface area contributed by atoms with Gasteiger partial charge in [-0.3, -0.25) is 0 Å². The van der Waals surface area contributed by atoms with Crippen LogP contribution < -0.4 is 21.3 Å². The summed E-state index contributed by atoms with van der Waals surface area (Å²) in [5.41, 5.74) is 11.8. The highest BCUT2D eigenvalue weighted by molar-refractivity contribution is 7.26. The minimum absolute atomic E-state index is 0.178. The molecule has 0 N–H and O–H groups in total. The number of nitrogens with zero attached hydrogens (tertiary/aromatic N) is 2. The second kappa shape index (κ2) is 7.44. The van der Waals surface area contributed by atoms with Gasteiger partial charge in [-0.25, -0.2) is 0 Å². The Morgan fingerprint density at radius 1 is 0.475 bits per heavy atom. The van der Waals surface area contributed by atoms with E-state index < -0.39 is 0 Å². The van der Waals surface area contributed by atoms with Crippen molar-refractivity contribution in [3.8, 4) is 5.69 Å². The van der Waals surface area contributed by atoms with Crippen molar-refractivity contribution in [3.63, 3.8) is 0 Å². The number of rotatable bonds is 1. The lowest BCUT2D eigenvalue weighted by molar-refractivity contribution is 1.19. The fourth-order valence-electron chi connectivity index (χ4n) is 7.47. The van der Waals surface area contributed by atoms with Crippen molar-refractivity contribution in [2.75, 3.05) is 4.90 Å². The summed E-state index contributed by atoms with van der Waals surface area (Å²) >= 11 is 1.90. The largest absolute Gasteiger partial charge is 0.311 e. The number of fused-ring (bicyclic) bond motifs is 12.